The minimum atomic E-state index is 0.715. The smallest absolute Gasteiger partial charge is 0.227 e. The Morgan fingerprint density at radius 1 is 1.39 bits per heavy atom. The van der Waals surface area contributed by atoms with Crippen LogP contribution in [0.4, 0.5) is 11.8 Å². The van der Waals surface area contributed by atoms with E-state index in [0.29, 0.717) is 5.92 Å². The molecule has 0 aromatic carbocycles. The molecule has 0 radical (unpaired) electrons. The van der Waals surface area contributed by atoms with Crippen molar-refractivity contribution in [3.8, 4) is 0 Å². The molecule has 5 heteroatoms. The second-order valence-corrected chi connectivity index (χ2v) is 5.09. The van der Waals surface area contributed by atoms with Crippen LogP contribution in [0.1, 0.15) is 20.3 Å². The fourth-order valence-corrected chi connectivity index (χ4v) is 1.95. The van der Waals surface area contributed by atoms with Crippen LogP contribution in [0, 0.1) is 5.92 Å². The highest BCUT2D eigenvalue weighted by Crippen LogP contribution is 2.11. The van der Waals surface area contributed by atoms with Crippen molar-refractivity contribution in [3.63, 3.8) is 0 Å². The van der Waals surface area contributed by atoms with E-state index in [0.717, 1.165) is 50.9 Å². The van der Waals surface area contributed by atoms with Gasteiger partial charge in [-0.05, 0) is 18.4 Å². The molecular weight excluding hydrogens is 226 g/mol. The summed E-state index contributed by atoms with van der Waals surface area (Å²) in [6.45, 7) is 9.41. The molecule has 0 amide bonds. The zero-order chi connectivity index (χ0) is 12.8. The van der Waals surface area contributed by atoms with Gasteiger partial charge in [-0.15, -0.1) is 0 Å². The standard InChI is InChI=1S/C13H23N5/c1-11(2)3-5-15-12-4-6-16-13(17-12)18-9-7-14-8-10-18/h4,6,11,14H,3,5,7-10H2,1-2H3,(H,15,16,17). The van der Waals surface area contributed by atoms with Crippen molar-refractivity contribution in [2.24, 2.45) is 5.92 Å². The number of hydrogen-bond donors (Lipinski definition) is 2. The van der Waals surface area contributed by atoms with Gasteiger partial charge in [-0.2, -0.15) is 4.98 Å². The van der Waals surface area contributed by atoms with Crippen LogP contribution in [0.15, 0.2) is 12.3 Å². The summed E-state index contributed by atoms with van der Waals surface area (Å²) in [6.07, 6.45) is 3.00. The summed E-state index contributed by atoms with van der Waals surface area (Å²) in [4.78, 5) is 11.1. The number of aromatic nitrogens is 2. The van der Waals surface area contributed by atoms with E-state index in [2.05, 4.69) is 39.3 Å². The molecule has 1 aliphatic heterocycles. The number of piperazine rings is 1. The fraction of sp³-hybridized carbons (Fsp3) is 0.692. The lowest BCUT2D eigenvalue weighted by atomic mass is 10.1. The summed E-state index contributed by atoms with van der Waals surface area (Å²) < 4.78 is 0. The Bertz CT molecular complexity index is 360. The van der Waals surface area contributed by atoms with Gasteiger partial charge in [0.05, 0.1) is 0 Å². The predicted octanol–water partition coefficient (Wildman–Crippen LogP) is 1.34. The Kier molecular flexibility index (Phi) is 4.75. The molecule has 1 aromatic rings. The summed E-state index contributed by atoms with van der Waals surface area (Å²) >= 11 is 0. The van der Waals surface area contributed by atoms with E-state index < -0.39 is 0 Å². The molecule has 1 fully saturated rings. The average molecular weight is 249 g/mol. The van der Waals surface area contributed by atoms with Crippen molar-refractivity contribution in [2.75, 3.05) is 42.9 Å². The number of rotatable bonds is 5. The third-order valence-electron chi connectivity index (χ3n) is 3.07. The Morgan fingerprint density at radius 2 is 2.17 bits per heavy atom. The van der Waals surface area contributed by atoms with Gasteiger partial charge in [0, 0.05) is 38.9 Å². The highest BCUT2D eigenvalue weighted by atomic mass is 15.3. The van der Waals surface area contributed by atoms with Gasteiger partial charge in [0.1, 0.15) is 5.82 Å². The van der Waals surface area contributed by atoms with Gasteiger partial charge in [0.15, 0.2) is 0 Å². The molecule has 1 aliphatic rings. The second kappa shape index (κ2) is 6.54. The SMILES string of the molecule is CC(C)CCNc1ccnc(N2CCNCC2)n1. The van der Waals surface area contributed by atoms with Crippen molar-refractivity contribution < 1.29 is 0 Å². The third kappa shape index (κ3) is 3.84. The molecule has 0 aliphatic carbocycles. The first-order chi connectivity index (χ1) is 8.75. The lowest BCUT2D eigenvalue weighted by Gasteiger charge is -2.27. The molecule has 1 aromatic heterocycles. The molecule has 18 heavy (non-hydrogen) atoms. The first-order valence-corrected chi connectivity index (χ1v) is 6.78. The van der Waals surface area contributed by atoms with Gasteiger partial charge in [-0.25, -0.2) is 4.98 Å². The fourth-order valence-electron chi connectivity index (χ4n) is 1.95. The summed E-state index contributed by atoms with van der Waals surface area (Å²) in [6, 6.07) is 1.94. The van der Waals surface area contributed by atoms with Crippen molar-refractivity contribution >= 4 is 11.8 Å². The zero-order valence-electron chi connectivity index (χ0n) is 11.3. The molecule has 2 rings (SSSR count). The molecular formula is C13H23N5. The van der Waals surface area contributed by atoms with E-state index in [-0.39, 0.29) is 0 Å². The Hall–Kier alpha value is -1.36. The van der Waals surface area contributed by atoms with Gasteiger partial charge >= 0.3 is 0 Å². The Morgan fingerprint density at radius 3 is 2.89 bits per heavy atom. The first-order valence-electron chi connectivity index (χ1n) is 6.78. The lowest BCUT2D eigenvalue weighted by Crippen LogP contribution is -2.44. The van der Waals surface area contributed by atoms with E-state index in [9.17, 15) is 0 Å². The highest BCUT2D eigenvalue weighted by Gasteiger charge is 2.12. The molecule has 2 N–H and O–H groups in total. The number of anilines is 2. The molecule has 5 nitrogen and oxygen atoms in total. The molecule has 100 valence electrons. The Labute approximate surface area is 109 Å². The maximum absolute atomic E-state index is 4.57. The van der Waals surface area contributed by atoms with E-state index in [4.69, 9.17) is 0 Å². The maximum Gasteiger partial charge on any atom is 0.227 e. The largest absolute Gasteiger partial charge is 0.370 e. The average Bonchev–Trinajstić information content (AvgIpc) is 2.40. The van der Waals surface area contributed by atoms with Gasteiger partial charge in [0.25, 0.3) is 0 Å². The topological polar surface area (TPSA) is 53.1 Å². The first kappa shape index (κ1) is 13.1. The monoisotopic (exact) mass is 249 g/mol. The third-order valence-corrected chi connectivity index (χ3v) is 3.07. The normalized spacial score (nSPS) is 16.1. The number of hydrogen-bond acceptors (Lipinski definition) is 5. The molecule has 2 heterocycles. The minimum absolute atomic E-state index is 0.715. The van der Waals surface area contributed by atoms with Crippen LogP contribution in [-0.2, 0) is 0 Å². The van der Waals surface area contributed by atoms with Crippen LogP contribution >= 0.6 is 0 Å². The van der Waals surface area contributed by atoms with Gasteiger partial charge in [-0.3, -0.25) is 0 Å². The summed E-state index contributed by atoms with van der Waals surface area (Å²) in [5.41, 5.74) is 0. The predicted molar refractivity (Wildman–Crippen MR) is 75.1 cm³/mol. The van der Waals surface area contributed by atoms with Crippen molar-refractivity contribution in [1.82, 2.24) is 15.3 Å². The molecule has 0 unspecified atom stereocenters. The van der Waals surface area contributed by atoms with Crippen molar-refractivity contribution in [1.29, 1.82) is 0 Å². The summed E-state index contributed by atoms with van der Waals surface area (Å²) in [5, 5.41) is 6.70. The minimum Gasteiger partial charge on any atom is -0.370 e. The quantitative estimate of drug-likeness (QED) is 0.825. The second-order valence-electron chi connectivity index (χ2n) is 5.09. The van der Waals surface area contributed by atoms with Gasteiger partial charge in [-0.1, -0.05) is 13.8 Å². The van der Waals surface area contributed by atoms with E-state index in [1.165, 1.54) is 0 Å². The van der Waals surface area contributed by atoms with Crippen LogP contribution in [0.2, 0.25) is 0 Å². The van der Waals surface area contributed by atoms with Gasteiger partial charge < -0.3 is 15.5 Å². The molecule has 1 saturated heterocycles. The van der Waals surface area contributed by atoms with Crippen LogP contribution in [-0.4, -0.2) is 42.7 Å². The van der Waals surface area contributed by atoms with Crippen LogP contribution in [0.25, 0.3) is 0 Å². The lowest BCUT2D eigenvalue weighted by molar-refractivity contribution is 0.579. The van der Waals surface area contributed by atoms with Crippen LogP contribution in [0.3, 0.4) is 0 Å². The zero-order valence-corrected chi connectivity index (χ0v) is 11.3. The van der Waals surface area contributed by atoms with Crippen LogP contribution in [0.5, 0.6) is 0 Å². The molecule has 0 atom stereocenters. The van der Waals surface area contributed by atoms with E-state index in [1.807, 2.05) is 12.3 Å². The Balaban J connectivity index is 1.91. The molecule has 0 saturated carbocycles. The highest BCUT2D eigenvalue weighted by molar-refractivity contribution is 5.41. The number of nitrogens with one attached hydrogen (secondary N) is 2. The maximum atomic E-state index is 4.57. The van der Waals surface area contributed by atoms with Crippen molar-refractivity contribution in [3.05, 3.63) is 12.3 Å². The van der Waals surface area contributed by atoms with Crippen LogP contribution < -0.4 is 15.5 Å². The van der Waals surface area contributed by atoms with Crippen molar-refractivity contribution in [2.45, 2.75) is 20.3 Å². The molecule has 0 bridgehead atoms. The van der Waals surface area contributed by atoms with E-state index >= 15 is 0 Å². The van der Waals surface area contributed by atoms with E-state index in [1.54, 1.807) is 0 Å². The summed E-state index contributed by atoms with van der Waals surface area (Å²) in [5.74, 6) is 2.48. The van der Waals surface area contributed by atoms with Gasteiger partial charge in [0.2, 0.25) is 5.95 Å². The number of nitrogens with zero attached hydrogens (tertiary/aromatic N) is 3. The summed E-state index contributed by atoms with van der Waals surface area (Å²) in [7, 11) is 0. The molecule has 0 spiro atoms.